The van der Waals surface area contributed by atoms with Crippen LogP contribution in [0.25, 0.3) is 0 Å². The maximum atomic E-state index is 11.3. The van der Waals surface area contributed by atoms with Crippen molar-refractivity contribution in [3.63, 3.8) is 0 Å². The molecule has 1 aliphatic heterocycles. The zero-order valence-corrected chi connectivity index (χ0v) is 9.45. The minimum Gasteiger partial charge on any atom is -0.465 e. The third kappa shape index (κ3) is 4.18. The third-order valence-electron chi connectivity index (χ3n) is 2.83. The molecule has 1 rings (SSSR count). The monoisotopic (exact) mass is 215 g/mol. The predicted molar refractivity (Wildman–Crippen MR) is 57.5 cm³/mol. The van der Waals surface area contributed by atoms with E-state index in [1.165, 1.54) is 0 Å². The molecule has 15 heavy (non-hydrogen) atoms. The van der Waals surface area contributed by atoms with Crippen LogP contribution < -0.4 is 0 Å². The summed E-state index contributed by atoms with van der Waals surface area (Å²) in [5.74, 6) is -0.131. The van der Waals surface area contributed by atoms with E-state index < -0.39 is 0 Å². The first-order chi connectivity index (χ1) is 7.27. The number of ether oxygens (including phenoxy) is 1. The van der Waals surface area contributed by atoms with Gasteiger partial charge in [0.05, 0.1) is 13.2 Å². The van der Waals surface area contributed by atoms with Gasteiger partial charge < -0.3 is 9.84 Å². The largest absolute Gasteiger partial charge is 0.465 e. The zero-order valence-electron chi connectivity index (χ0n) is 9.45. The van der Waals surface area contributed by atoms with Crippen molar-refractivity contribution in [2.75, 3.05) is 26.3 Å². The first-order valence-electron chi connectivity index (χ1n) is 5.78. The van der Waals surface area contributed by atoms with Crippen LogP contribution in [0.3, 0.4) is 0 Å². The first-order valence-corrected chi connectivity index (χ1v) is 5.78. The molecule has 0 saturated carbocycles. The Kier molecular flexibility index (Phi) is 5.65. The fraction of sp³-hybridized carbons (Fsp3) is 0.909. The molecule has 1 fully saturated rings. The van der Waals surface area contributed by atoms with Gasteiger partial charge in [0.15, 0.2) is 0 Å². The molecule has 0 aromatic carbocycles. The summed E-state index contributed by atoms with van der Waals surface area (Å²) < 4.78 is 4.93. The lowest BCUT2D eigenvalue weighted by Gasteiger charge is -2.22. The summed E-state index contributed by atoms with van der Waals surface area (Å²) >= 11 is 0. The highest BCUT2D eigenvalue weighted by molar-refractivity contribution is 5.71. The van der Waals surface area contributed by atoms with Gasteiger partial charge in [0.1, 0.15) is 0 Å². The van der Waals surface area contributed by atoms with Crippen molar-refractivity contribution < 1.29 is 14.6 Å². The molecule has 88 valence electrons. The summed E-state index contributed by atoms with van der Waals surface area (Å²) in [7, 11) is 0. The van der Waals surface area contributed by atoms with Gasteiger partial charge in [-0.1, -0.05) is 0 Å². The third-order valence-corrected chi connectivity index (χ3v) is 2.83. The molecule has 1 heterocycles. The fourth-order valence-electron chi connectivity index (χ4n) is 2.13. The van der Waals surface area contributed by atoms with Crippen LogP contribution in [-0.2, 0) is 9.53 Å². The van der Waals surface area contributed by atoms with E-state index in [0.717, 1.165) is 32.2 Å². The number of aliphatic hydroxyl groups is 1. The van der Waals surface area contributed by atoms with Gasteiger partial charge >= 0.3 is 5.97 Å². The topological polar surface area (TPSA) is 49.8 Å². The van der Waals surface area contributed by atoms with E-state index in [4.69, 9.17) is 9.84 Å². The van der Waals surface area contributed by atoms with Crippen molar-refractivity contribution in [1.29, 1.82) is 0 Å². The molecule has 1 saturated heterocycles. The molecule has 0 radical (unpaired) electrons. The molecular weight excluding hydrogens is 194 g/mol. The molecule has 0 aromatic rings. The van der Waals surface area contributed by atoms with E-state index in [-0.39, 0.29) is 12.6 Å². The summed E-state index contributed by atoms with van der Waals surface area (Å²) in [5.41, 5.74) is 0. The maximum Gasteiger partial charge on any atom is 0.320 e. The van der Waals surface area contributed by atoms with Crippen molar-refractivity contribution in [1.82, 2.24) is 4.90 Å². The van der Waals surface area contributed by atoms with E-state index in [1.54, 1.807) is 0 Å². The van der Waals surface area contributed by atoms with Gasteiger partial charge in [0.2, 0.25) is 0 Å². The SMILES string of the molecule is CCOC(=O)CN1CCCC1CCCO. The van der Waals surface area contributed by atoms with Crippen molar-refractivity contribution in [2.24, 2.45) is 0 Å². The van der Waals surface area contributed by atoms with Crippen LogP contribution in [0.4, 0.5) is 0 Å². The summed E-state index contributed by atoms with van der Waals surface area (Å²) in [6.07, 6.45) is 4.09. The predicted octanol–water partition coefficient (Wildman–Crippen LogP) is 0.786. The van der Waals surface area contributed by atoms with Crippen LogP contribution in [-0.4, -0.2) is 48.3 Å². The quantitative estimate of drug-likeness (QED) is 0.665. The van der Waals surface area contributed by atoms with Crippen molar-refractivity contribution in [2.45, 2.75) is 38.6 Å². The highest BCUT2D eigenvalue weighted by atomic mass is 16.5. The van der Waals surface area contributed by atoms with Gasteiger partial charge in [-0.3, -0.25) is 9.69 Å². The maximum absolute atomic E-state index is 11.3. The average Bonchev–Trinajstić information content (AvgIpc) is 2.63. The Labute approximate surface area is 91.2 Å². The van der Waals surface area contributed by atoms with Crippen LogP contribution in [0, 0.1) is 0 Å². The lowest BCUT2D eigenvalue weighted by molar-refractivity contribution is -0.144. The first kappa shape index (κ1) is 12.5. The molecular formula is C11H21NO3. The van der Waals surface area contributed by atoms with Crippen LogP contribution >= 0.6 is 0 Å². The Morgan fingerprint density at radius 1 is 1.60 bits per heavy atom. The molecule has 4 nitrogen and oxygen atoms in total. The number of carbonyl (C=O) groups excluding carboxylic acids is 1. The Morgan fingerprint density at radius 3 is 3.07 bits per heavy atom. The molecule has 1 atom stereocenters. The Hall–Kier alpha value is -0.610. The number of rotatable bonds is 6. The molecule has 0 bridgehead atoms. The van der Waals surface area contributed by atoms with E-state index in [1.807, 2.05) is 6.92 Å². The van der Waals surface area contributed by atoms with Crippen molar-refractivity contribution >= 4 is 5.97 Å². The Bertz CT molecular complexity index is 196. The number of hydrogen-bond acceptors (Lipinski definition) is 4. The smallest absolute Gasteiger partial charge is 0.320 e. The van der Waals surface area contributed by atoms with Crippen LogP contribution in [0.1, 0.15) is 32.6 Å². The van der Waals surface area contributed by atoms with Gasteiger partial charge in [-0.05, 0) is 39.2 Å². The molecule has 4 heteroatoms. The summed E-state index contributed by atoms with van der Waals surface area (Å²) in [4.78, 5) is 13.5. The summed E-state index contributed by atoms with van der Waals surface area (Å²) in [6, 6.07) is 0.460. The number of carbonyl (C=O) groups is 1. The number of aliphatic hydroxyl groups excluding tert-OH is 1. The van der Waals surface area contributed by atoms with Crippen LogP contribution in [0.5, 0.6) is 0 Å². The highest BCUT2D eigenvalue weighted by Gasteiger charge is 2.25. The minimum absolute atomic E-state index is 0.131. The van der Waals surface area contributed by atoms with Gasteiger partial charge in [-0.15, -0.1) is 0 Å². The van der Waals surface area contributed by atoms with Crippen LogP contribution in [0.2, 0.25) is 0 Å². The van der Waals surface area contributed by atoms with E-state index in [0.29, 0.717) is 19.2 Å². The molecule has 0 amide bonds. The standard InChI is InChI=1S/C11H21NO3/c1-2-15-11(14)9-12-7-3-5-10(12)6-4-8-13/h10,13H,2-9H2,1H3. The molecule has 0 aliphatic carbocycles. The minimum atomic E-state index is -0.131. The van der Waals surface area contributed by atoms with Gasteiger partial charge in [0.25, 0.3) is 0 Å². The summed E-state index contributed by atoms with van der Waals surface area (Å²) in [5, 5.41) is 8.77. The number of esters is 1. The lowest BCUT2D eigenvalue weighted by Crippen LogP contribution is -2.35. The molecule has 0 aromatic heterocycles. The highest BCUT2D eigenvalue weighted by Crippen LogP contribution is 2.20. The summed E-state index contributed by atoms with van der Waals surface area (Å²) in [6.45, 7) is 3.90. The lowest BCUT2D eigenvalue weighted by atomic mass is 10.1. The van der Waals surface area contributed by atoms with E-state index >= 15 is 0 Å². The van der Waals surface area contributed by atoms with Gasteiger partial charge in [-0.25, -0.2) is 0 Å². The van der Waals surface area contributed by atoms with Crippen LogP contribution in [0.15, 0.2) is 0 Å². The second kappa shape index (κ2) is 6.80. The normalized spacial score (nSPS) is 21.9. The van der Waals surface area contributed by atoms with Crippen molar-refractivity contribution in [3.05, 3.63) is 0 Å². The number of likely N-dealkylation sites (tertiary alicyclic amines) is 1. The molecule has 1 N–H and O–H groups in total. The second-order valence-corrected chi connectivity index (χ2v) is 3.94. The Morgan fingerprint density at radius 2 is 2.40 bits per heavy atom. The van der Waals surface area contributed by atoms with Gasteiger partial charge in [-0.2, -0.15) is 0 Å². The number of nitrogens with zero attached hydrogens (tertiary/aromatic N) is 1. The van der Waals surface area contributed by atoms with Gasteiger partial charge in [0, 0.05) is 12.6 Å². The zero-order chi connectivity index (χ0) is 11.1. The molecule has 1 aliphatic rings. The average molecular weight is 215 g/mol. The van der Waals surface area contributed by atoms with E-state index in [2.05, 4.69) is 4.90 Å². The Balaban J connectivity index is 2.29. The molecule has 1 unspecified atom stereocenters. The molecule has 0 spiro atoms. The number of hydrogen-bond donors (Lipinski definition) is 1. The van der Waals surface area contributed by atoms with E-state index in [9.17, 15) is 4.79 Å². The fourth-order valence-corrected chi connectivity index (χ4v) is 2.13. The van der Waals surface area contributed by atoms with Crippen molar-refractivity contribution in [3.8, 4) is 0 Å². The second-order valence-electron chi connectivity index (χ2n) is 3.94.